The summed E-state index contributed by atoms with van der Waals surface area (Å²) < 4.78 is 4.44. The molecule has 0 saturated carbocycles. The van der Waals surface area contributed by atoms with Crippen LogP contribution >= 0.6 is 0 Å². The first-order valence-corrected chi connectivity index (χ1v) is 7.20. The molecule has 0 spiro atoms. The van der Waals surface area contributed by atoms with Crippen molar-refractivity contribution in [1.29, 1.82) is 0 Å². The highest BCUT2D eigenvalue weighted by Gasteiger charge is 2.14. The summed E-state index contributed by atoms with van der Waals surface area (Å²) in [6, 6.07) is 19.3. The molecule has 3 heterocycles. The Hall–Kier alpha value is -2.61. The molecule has 0 unspecified atom stereocenters. The van der Waals surface area contributed by atoms with E-state index in [2.05, 4.69) is 89.9 Å². The van der Waals surface area contributed by atoms with Crippen molar-refractivity contribution in [3.63, 3.8) is 0 Å². The van der Waals surface area contributed by atoms with Gasteiger partial charge in [0.1, 0.15) is 7.05 Å². The molecular formula is C19H17N2+. The Kier molecular flexibility index (Phi) is 2.58. The van der Waals surface area contributed by atoms with Gasteiger partial charge in [0.05, 0.1) is 11.1 Å². The molecule has 3 aromatic heterocycles. The maximum atomic E-state index is 2.27. The Labute approximate surface area is 123 Å². The number of nitrogens with zero attached hydrogens (tertiary/aromatic N) is 2. The van der Waals surface area contributed by atoms with Crippen LogP contribution < -0.4 is 4.57 Å². The maximum Gasteiger partial charge on any atom is 0.212 e. The molecule has 0 fully saturated rings. The molecule has 0 aliphatic carbocycles. The summed E-state index contributed by atoms with van der Waals surface area (Å²) in [5, 5.41) is 1.29. The van der Waals surface area contributed by atoms with Crippen molar-refractivity contribution in [2.75, 3.05) is 0 Å². The molecule has 0 atom stereocenters. The van der Waals surface area contributed by atoms with Gasteiger partial charge < -0.3 is 4.40 Å². The van der Waals surface area contributed by atoms with Crippen LogP contribution in [0.15, 0.2) is 67.0 Å². The SMILES string of the molecule is Cc1c(-c2cccc[n+]2C)ccn2c1cc1ccccc12. The minimum atomic E-state index is 1.24. The van der Waals surface area contributed by atoms with Crippen molar-refractivity contribution in [2.24, 2.45) is 7.05 Å². The Morgan fingerprint density at radius 3 is 2.57 bits per heavy atom. The molecule has 21 heavy (non-hydrogen) atoms. The molecule has 0 aliphatic rings. The third-order valence-electron chi connectivity index (χ3n) is 4.26. The average molecular weight is 273 g/mol. The molecule has 4 aromatic rings. The first-order valence-electron chi connectivity index (χ1n) is 7.20. The van der Waals surface area contributed by atoms with Gasteiger partial charge in [-0.25, -0.2) is 4.57 Å². The van der Waals surface area contributed by atoms with Crippen LogP contribution in [0.4, 0.5) is 0 Å². The van der Waals surface area contributed by atoms with Crippen molar-refractivity contribution >= 4 is 16.4 Å². The molecule has 0 radical (unpaired) electrons. The van der Waals surface area contributed by atoms with Gasteiger partial charge in [0.15, 0.2) is 6.20 Å². The van der Waals surface area contributed by atoms with Gasteiger partial charge in [-0.2, -0.15) is 0 Å². The van der Waals surface area contributed by atoms with Crippen LogP contribution in [0, 0.1) is 6.92 Å². The normalized spacial score (nSPS) is 11.3. The topological polar surface area (TPSA) is 8.29 Å². The molecule has 102 valence electrons. The fourth-order valence-corrected chi connectivity index (χ4v) is 3.12. The number of para-hydroxylation sites is 1. The van der Waals surface area contributed by atoms with Crippen molar-refractivity contribution in [3.8, 4) is 11.3 Å². The third-order valence-corrected chi connectivity index (χ3v) is 4.26. The number of benzene rings is 1. The molecule has 0 saturated heterocycles. The van der Waals surface area contributed by atoms with Gasteiger partial charge in [-0.15, -0.1) is 0 Å². The molecule has 4 rings (SSSR count). The number of fused-ring (bicyclic) bond motifs is 3. The van der Waals surface area contributed by atoms with Gasteiger partial charge in [-0.05, 0) is 36.8 Å². The zero-order valence-electron chi connectivity index (χ0n) is 12.2. The summed E-state index contributed by atoms with van der Waals surface area (Å²) in [5.41, 5.74) is 6.38. The van der Waals surface area contributed by atoms with Crippen LogP contribution in [0.1, 0.15) is 5.56 Å². The maximum absolute atomic E-state index is 2.27. The lowest BCUT2D eigenvalue weighted by Crippen LogP contribution is -2.30. The van der Waals surface area contributed by atoms with Crippen LogP contribution in [0.5, 0.6) is 0 Å². The summed E-state index contributed by atoms with van der Waals surface area (Å²) >= 11 is 0. The van der Waals surface area contributed by atoms with Crippen LogP contribution in [-0.4, -0.2) is 4.40 Å². The summed E-state index contributed by atoms with van der Waals surface area (Å²) in [6.07, 6.45) is 4.26. The molecular weight excluding hydrogens is 256 g/mol. The van der Waals surface area contributed by atoms with E-state index in [0.717, 1.165) is 0 Å². The minimum absolute atomic E-state index is 1.24. The van der Waals surface area contributed by atoms with Crippen molar-refractivity contribution < 1.29 is 4.57 Å². The summed E-state index contributed by atoms with van der Waals surface area (Å²) in [4.78, 5) is 0. The largest absolute Gasteiger partial charge is 0.316 e. The minimum Gasteiger partial charge on any atom is -0.316 e. The van der Waals surface area contributed by atoms with E-state index < -0.39 is 0 Å². The summed E-state index contributed by atoms with van der Waals surface area (Å²) in [7, 11) is 2.09. The van der Waals surface area contributed by atoms with E-state index in [1.54, 1.807) is 0 Å². The van der Waals surface area contributed by atoms with Crippen LogP contribution in [0.25, 0.3) is 27.7 Å². The van der Waals surface area contributed by atoms with Crippen LogP contribution in [-0.2, 0) is 7.05 Å². The Balaban J connectivity index is 2.07. The molecule has 0 aliphatic heterocycles. The van der Waals surface area contributed by atoms with Gasteiger partial charge in [0.2, 0.25) is 5.69 Å². The highest BCUT2D eigenvalue weighted by Crippen LogP contribution is 2.28. The lowest BCUT2D eigenvalue weighted by molar-refractivity contribution is -0.660. The number of rotatable bonds is 1. The number of hydrogen-bond donors (Lipinski definition) is 0. The Morgan fingerprint density at radius 2 is 1.71 bits per heavy atom. The first-order chi connectivity index (χ1) is 10.3. The smallest absolute Gasteiger partial charge is 0.212 e. The third kappa shape index (κ3) is 1.76. The van der Waals surface area contributed by atoms with Gasteiger partial charge in [0, 0.05) is 29.2 Å². The fraction of sp³-hybridized carbons (Fsp3) is 0.105. The lowest BCUT2D eigenvalue weighted by Gasteiger charge is -2.07. The van der Waals surface area contributed by atoms with Crippen molar-refractivity contribution in [1.82, 2.24) is 4.40 Å². The van der Waals surface area contributed by atoms with Gasteiger partial charge >= 0.3 is 0 Å². The quantitative estimate of drug-likeness (QED) is 0.465. The van der Waals surface area contributed by atoms with Crippen LogP contribution in [0.3, 0.4) is 0 Å². The van der Waals surface area contributed by atoms with E-state index in [-0.39, 0.29) is 0 Å². The number of pyridine rings is 2. The first kappa shape index (κ1) is 12.2. The van der Waals surface area contributed by atoms with Crippen molar-refractivity contribution in [2.45, 2.75) is 6.92 Å². The van der Waals surface area contributed by atoms with E-state index in [1.807, 2.05) is 0 Å². The number of aromatic nitrogens is 2. The zero-order valence-corrected chi connectivity index (χ0v) is 12.2. The highest BCUT2D eigenvalue weighted by atomic mass is 14.9. The average Bonchev–Trinajstić information content (AvgIpc) is 2.89. The second-order valence-electron chi connectivity index (χ2n) is 5.51. The molecule has 0 amide bonds. The number of aryl methyl sites for hydroxylation is 2. The predicted molar refractivity (Wildman–Crippen MR) is 86.3 cm³/mol. The highest BCUT2D eigenvalue weighted by molar-refractivity contribution is 5.90. The second-order valence-corrected chi connectivity index (χ2v) is 5.51. The molecule has 0 bridgehead atoms. The second kappa shape index (κ2) is 4.45. The van der Waals surface area contributed by atoms with E-state index in [1.165, 1.54) is 33.2 Å². The zero-order chi connectivity index (χ0) is 14.4. The van der Waals surface area contributed by atoms with Gasteiger partial charge in [0.25, 0.3) is 0 Å². The van der Waals surface area contributed by atoms with E-state index in [4.69, 9.17) is 0 Å². The standard InChI is InChI=1S/C19H17N2/c1-14-16(18-9-5-6-11-20(18)2)10-12-21-17-8-4-3-7-15(17)13-19(14)21/h3-13H,1-2H3/q+1. The monoisotopic (exact) mass is 273 g/mol. The van der Waals surface area contributed by atoms with E-state index in [0.29, 0.717) is 0 Å². The number of hydrogen-bond acceptors (Lipinski definition) is 0. The Bertz CT molecular complexity index is 964. The fourth-order valence-electron chi connectivity index (χ4n) is 3.12. The molecule has 0 N–H and O–H groups in total. The summed E-state index contributed by atoms with van der Waals surface area (Å²) in [6.45, 7) is 2.20. The van der Waals surface area contributed by atoms with Crippen molar-refractivity contribution in [3.05, 3.63) is 72.6 Å². The molecule has 1 aromatic carbocycles. The van der Waals surface area contributed by atoms with Gasteiger partial charge in [-0.3, -0.25) is 0 Å². The summed E-state index contributed by atoms with van der Waals surface area (Å²) in [5.74, 6) is 0. The van der Waals surface area contributed by atoms with E-state index >= 15 is 0 Å². The van der Waals surface area contributed by atoms with Crippen LogP contribution in [0.2, 0.25) is 0 Å². The molecule has 2 nitrogen and oxygen atoms in total. The Morgan fingerprint density at radius 1 is 0.905 bits per heavy atom. The lowest BCUT2D eigenvalue weighted by atomic mass is 10.1. The van der Waals surface area contributed by atoms with Gasteiger partial charge in [-0.1, -0.05) is 18.2 Å². The predicted octanol–water partition coefficient (Wildman–Crippen LogP) is 3.89. The molecule has 2 heteroatoms. The van der Waals surface area contributed by atoms with E-state index in [9.17, 15) is 0 Å².